The number of pyridine rings is 2. The minimum absolute atomic E-state index is 0.00249. The maximum Gasteiger partial charge on any atom is 0.271 e. The van der Waals surface area contributed by atoms with E-state index in [9.17, 15) is 23.2 Å². The molecular weight excluding hydrogens is 771 g/mol. The Kier molecular flexibility index (Phi) is 9.47. The number of carbonyl (C=O) groups is 3. The third-order valence-corrected chi connectivity index (χ3v) is 13.1. The van der Waals surface area contributed by atoms with Gasteiger partial charge in [0, 0.05) is 109 Å². The Morgan fingerprint density at radius 3 is 2.47 bits per heavy atom. The first-order valence-electron chi connectivity index (χ1n) is 20.7. The van der Waals surface area contributed by atoms with Gasteiger partial charge in [-0.3, -0.25) is 24.3 Å². The van der Waals surface area contributed by atoms with Crippen LogP contribution in [0.3, 0.4) is 0 Å². The van der Waals surface area contributed by atoms with Crippen LogP contribution in [0.5, 0.6) is 5.88 Å². The van der Waals surface area contributed by atoms with Gasteiger partial charge >= 0.3 is 0 Å². The number of imide groups is 1. The summed E-state index contributed by atoms with van der Waals surface area (Å²) >= 11 is 0. The van der Waals surface area contributed by atoms with E-state index in [1.807, 2.05) is 42.9 Å². The fourth-order valence-corrected chi connectivity index (χ4v) is 9.63. The second-order valence-corrected chi connectivity index (χ2v) is 17.3. The summed E-state index contributed by atoms with van der Waals surface area (Å²) in [4.78, 5) is 50.9. The number of ether oxygens (including phenoxy) is 3. The van der Waals surface area contributed by atoms with Crippen LogP contribution in [0.1, 0.15) is 72.1 Å². The first-order valence-corrected chi connectivity index (χ1v) is 20.7. The Labute approximate surface area is 345 Å². The van der Waals surface area contributed by atoms with Gasteiger partial charge in [0.2, 0.25) is 11.8 Å². The van der Waals surface area contributed by atoms with Crippen LogP contribution < -0.4 is 15.0 Å². The number of nitrogens with zero attached hydrogens (tertiary/aromatic N) is 5. The summed E-state index contributed by atoms with van der Waals surface area (Å²) in [6, 6.07) is 16.6. The SMILES string of the molecule is C=C1CCC(N2C(=O)c3ccc(N4CC5(CC(OCC(F)(F)CCCOC6CC(Oc7ccc(-c8ccc9c%10cnccc%10n(C)c9c8)cn7)C6)C5)C4)cc3C2=O)C(=O)N1. The third kappa shape index (κ3) is 6.98. The Morgan fingerprint density at radius 2 is 1.68 bits per heavy atom. The zero-order valence-corrected chi connectivity index (χ0v) is 33.4. The molecule has 60 heavy (non-hydrogen) atoms. The molecule has 1 atom stereocenters. The predicted molar refractivity (Wildman–Crippen MR) is 220 cm³/mol. The van der Waals surface area contributed by atoms with Crippen molar-refractivity contribution in [1.82, 2.24) is 24.8 Å². The minimum atomic E-state index is -2.94. The number of piperidine rings is 1. The molecule has 310 valence electrons. The van der Waals surface area contributed by atoms with Crippen molar-refractivity contribution in [2.45, 2.75) is 81.6 Å². The lowest BCUT2D eigenvalue weighted by atomic mass is 9.61. The zero-order chi connectivity index (χ0) is 41.3. The predicted octanol–water partition coefficient (Wildman–Crippen LogP) is 7.20. The molecular formula is C46H46F2N6O6. The van der Waals surface area contributed by atoms with Crippen LogP contribution in [0, 0.1) is 5.41 Å². The van der Waals surface area contributed by atoms with Crippen molar-refractivity contribution in [3.05, 3.63) is 96.6 Å². The van der Waals surface area contributed by atoms with Crippen molar-refractivity contribution in [3.8, 4) is 17.0 Å². The highest BCUT2D eigenvalue weighted by Gasteiger charge is 2.54. The van der Waals surface area contributed by atoms with Crippen LogP contribution in [0.4, 0.5) is 14.5 Å². The standard InChI is InChI=1S/C46H46F2N6O6/c1-27-4-10-39(42(55)51-27)54-43(56)35-9-7-30(17-36(35)44(54)57)53-24-45(25-53)20-33(21-45)59-26-46(47,48)13-3-15-58-31-18-32(19-31)60-41-11-6-29(22-50-41)28-5-8-34-37-23-49-14-12-38(37)52(2)40(34)16-28/h5-9,11-12,14,16-17,22-23,31-33,39H,1,3-4,10,13,15,18-21,24-26H2,2H3,(H,51,55). The first kappa shape index (κ1) is 38.5. The van der Waals surface area contributed by atoms with Crippen LogP contribution in [0.2, 0.25) is 0 Å². The quantitative estimate of drug-likeness (QED) is 0.0970. The number of carbonyl (C=O) groups excluding carboxylic acids is 3. The second-order valence-electron chi connectivity index (χ2n) is 17.3. The number of amides is 3. The van der Waals surface area contributed by atoms with Crippen molar-refractivity contribution in [2.75, 3.05) is 31.2 Å². The van der Waals surface area contributed by atoms with Crippen molar-refractivity contribution < 1.29 is 37.4 Å². The lowest BCUT2D eigenvalue weighted by Crippen LogP contribution is -2.64. The normalized spacial score (nSPS) is 22.6. The summed E-state index contributed by atoms with van der Waals surface area (Å²) < 4.78 is 49.3. The van der Waals surface area contributed by atoms with Crippen LogP contribution in [0.25, 0.3) is 32.9 Å². The zero-order valence-electron chi connectivity index (χ0n) is 33.4. The van der Waals surface area contributed by atoms with Crippen molar-refractivity contribution in [3.63, 3.8) is 0 Å². The average molecular weight is 817 g/mol. The molecule has 2 aliphatic carbocycles. The van der Waals surface area contributed by atoms with E-state index in [1.54, 1.807) is 12.1 Å². The Morgan fingerprint density at radius 1 is 0.883 bits per heavy atom. The Balaban J connectivity index is 0.614. The topological polar surface area (TPSA) is 128 Å². The second kappa shape index (κ2) is 14.8. The van der Waals surface area contributed by atoms with Crippen LogP contribution in [-0.4, -0.2) is 93.7 Å². The van der Waals surface area contributed by atoms with Gasteiger partial charge in [-0.1, -0.05) is 18.7 Å². The van der Waals surface area contributed by atoms with E-state index < -0.39 is 36.3 Å². The molecule has 2 saturated heterocycles. The van der Waals surface area contributed by atoms with Crippen molar-refractivity contribution in [2.24, 2.45) is 12.5 Å². The van der Waals surface area contributed by atoms with Gasteiger partial charge in [-0.15, -0.1) is 0 Å². The molecule has 2 saturated carbocycles. The van der Waals surface area contributed by atoms with E-state index in [2.05, 4.69) is 56.6 Å². The molecule has 6 heterocycles. The molecule has 3 aromatic heterocycles. The van der Waals surface area contributed by atoms with E-state index in [0.717, 1.165) is 56.6 Å². The molecule has 3 amide bonds. The molecule has 1 unspecified atom stereocenters. The van der Waals surface area contributed by atoms with Crippen molar-refractivity contribution in [1.29, 1.82) is 0 Å². The largest absolute Gasteiger partial charge is 0.474 e. The summed E-state index contributed by atoms with van der Waals surface area (Å²) in [5, 5.41) is 4.94. The number of halogens is 2. The van der Waals surface area contributed by atoms with E-state index in [-0.39, 0.29) is 43.2 Å². The molecule has 1 spiro atoms. The third-order valence-electron chi connectivity index (χ3n) is 13.1. The Hall–Kier alpha value is -5.73. The van der Waals surface area contributed by atoms with Crippen LogP contribution in [-0.2, 0) is 21.3 Å². The van der Waals surface area contributed by atoms with Gasteiger partial charge in [-0.05, 0) is 74.1 Å². The number of nitrogens with one attached hydrogen (secondary N) is 1. The number of aryl methyl sites for hydroxylation is 1. The van der Waals surface area contributed by atoms with Crippen LogP contribution >= 0.6 is 0 Å². The van der Waals surface area contributed by atoms with Crippen molar-refractivity contribution >= 4 is 45.2 Å². The van der Waals surface area contributed by atoms with Gasteiger partial charge in [0.1, 0.15) is 18.8 Å². The lowest BCUT2D eigenvalue weighted by Gasteiger charge is -2.59. The number of anilines is 1. The molecule has 1 N–H and O–H groups in total. The monoisotopic (exact) mass is 816 g/mol. The molecule has 3 aliphatic heterocycles. The number of fused-ring (bicyclic) bond motifs is 4. The number of aromatic nitrogens is 3. The van der Waals surface area contributed by atoms with E-state index in [1.165, 1.54) is 0 Å². The van der Waals surface area contributed by atoms with Gasteiger partial charge in [0.05, 0.1) is 28.9 Å². The molecule has 5 aliphatic rings. The molecule has 4 fully saturated rings. The first-order chi connectivity index (χ1) is 28.9. The molecule has 0 radical (unpaired) electrons. The number of alkyl halides is 2. The molecule has 5 aromatic rings. The maximum absolute atomic E-state index is 14.8. The summed E-state index contributed by atoms with van der Waals surface area (Å²) in [6.07, 6.45) is 8.84. The maximum atomic E-state index is 14.8. The van der Waals surface area contributed by atoms with Gasteiger partial charge in [-0.25, -0.2) is 13.8 Å². The van der Waals surface area contributed by atoms with E-state index in [0.29, 0.717) is 61.2 Å². The molecule has 12 nitrogen and oxygen atoms in total. The van der Waals surface area contributed by atoms with Gasteiger partial charge in [0.25, 0.3) is 17.7 Å². The smallest absolute Gasteiger partial charge is 0.271 e. The molecule has 0 bridgehead atoms. The van der Waals surface area contributed by atoms with E-state index in [4.69, 9.17) is 14.2 Å². The fraction of sp³-hybridized carbons (Fsp3) is 0.413. The summed E-state index contributed by atoms with van der Waals surface area (Å²) in [6.45, 7) is 4.86. The summed E-state index contributed by atoms with van der Waals surface area (Å²) in [5.41, 5.74) is 6.31. The number of allylic oxidation sites excluding steroid dienone is 1. The highest BCUT2D eigenvalue weighted by molar-refractivity contribution is 6.23. The molecule has 2 aromatic carbocycles. The number of benzene rings is 2. The van der Waals surface area contributed by atoms with Gasteiger partial charge in [-0.2, -0.15) is 0 Å². The Bertz CT molecular complexity index is 2540. The lowest BCUT2D eigenvalue weighted by molar-refractivity contribution is -0.155. The number of hydrogen-bond donors (Lipinski definition) is 1. The van der Waals surface area contributed by atoms with Gasteiger partial charge in [0.15, 0.2) is 0 Å². The highest BCUT2D eigenvalue weighted by atomic mass is 19.3. The van der Waals surface area contributed by atoms with Crippen LogP contribution in [0.15, 0.2) is 85.5 Å². The minimum Gasteiger partial charge on any atom is -0.474 e. The molecule has 10 rings (SSSR count). The number of rotatable bonds is 13. The summed E-state index contributed by atoms with van der Waals surface area (Å²) in [5.74, 6) is -3.71. The van der Waals surface area contributed by atoms with E-state index >= 15 is 0 Å². The number of hydrogen-bond acceptors (Lipinski definition) is 9. The highest BCUT2D eigenvalue weighted by Crippen LogP contribution is 2.51. The van der Waals surface area contributed by atoms with Gasteiger partial charge < -0.3 is 29.0 Å². The summed E-state index contributed by atoms with van der Waals surface area (Å²) in [7, 11) is 2.06. The fourth-order valence-electron chi connectivity index (χ4n) is 9.63. The molecule has 14 heteroatoms. The average Bonchev–Trinajstić information content (AvgIpc) is 3.62.